The molecule has 1 saturated heterocycles. The molecule has 2 fully saturated rings. The third-order valence-electron chi connectivity index (χ3n) is 7.43. The number of nitrogens with zero attached hydrogens (tertiary/aromatic N) is 1. The van der Waals surface area contributed by atoms with Gasteiger partial charge >= 0.3 is 0 Å². The molecule has 6 heteroatoms. The quantitative estimate of drug-likeness (QED) is 0.669. The lowest BCUT2D eigenvalue weighted by atomic mass is 9.66. The lowest BCUT2D eigenvalue weighted by molar-refractivity contribution is -0.135. The van der Waals surface area contributed by atoms with E-state index < -0.39 is 5.60 Å². The average molecular weight is 453 g/mol. The lowest BCUT2D eigenvalue weighted by Gasteiger charge is -2.52. The molecule has 0 radical (unpaired) electrons. The summed E-state index contributed by atoms with van der Waals surface area (Å²) < 4.78 is 11.2. The first-order valence-corrected chi connectivity index (χ1v) is 11.9. The zero-order valence-corrected chi connectivity index (χ0v) is 20.2. The molecule has 6 nitrogen and oxygen atoms in total. The number of ether oxygens (including phenoxy) is 2. The van der Waals surface area contributed by atoms with Crippen LogP contribution in [0.2, 0.25) is 0 Å². The first kappa shape index (κ1) is 23.6. The van der Waals surface area contributed by atoms with Crippen LogP contribution in [-0.2, 0) is 4.79 Å². The summed E-state index contributed by atoms with van der Waals surface area (Å²) in [6.07, 6.45) is 4.54. The van der Waals surface area contributed by atoms with Gasteiger partial charge in [-0.25, -0.2) is 0 Å². The number of methoxy groups -OCH3 is 2. The Kier molecular flexibility index (Phi) is 6.96. The standard InChI is InChI=1S/C27H36N2O4/c1-18-8-10-23(19(2)15-18)28-25(30)17-29-14-13-27(31)12-6-5-7-22(27)26(29)21-16-20(32-3)9-11-24(21)33-4/h8-11,15-16,22,26,31H,5-7,12-14,17H2,1-4H3,(H,28,30)/t22-,26+,27-/m1/s1. The second-order valence-corrected chi connectivity index (χ2v) is 9.60. The fraction of sp³-hybridized carbons (Fsp3) is 0.519. The first-order chi connectivity index (χ1) is 15.8. The maximum absolute atomic E-state index is 13.1. The summed E-state index contributed by atoms with van der Waals surface area (Å²) in [6.45, 7) is 4.96. The van der Waals surface area contributed by atoms with E-state index in [1.165, 1.54) is 5.56 Å². The van der Waals surface area contributed by atoms with E-state index in [1.807, 2.05) is 44.2 Å². The van der Waals surface area contributed by atoms with E-state index in [2.05, 4.69) is 16.3 Å². The van der Waals surface area contributed by atoms with Gasteiger partial charge in [-0.15, -0.1) is 0 Å². The molecule has 1 saturated carbocycles. The Bertz CT molecular complexity index is 1010. The van der Waals surface area contributed by atoms with Gasteiger partial charge < -0.3 is 19.9 Å². The number of piperidine rings is 1. The van der Waals surface area contributed by atoms with Crippen molar-refractivity contribution in [3.05, 3.63) is 53.1 Å². The summed E-state index contributed by atoms with van der Waals surface area (Å²) in [4.78, 5) is 15.3. The molecule has 2 aromatic rings. The number of likely N-dealkylation sites (tertiary alicyclic amines) is 1. The summed E-state index contributed by atoms with van der Waals surface area (Å²) in [7, 11) is 3.32. The third-order valence-corrected chi connectivity index (χ3v) is 7.43. The van der Waals surface area contributed by atoms with Crippen LogP contribution in [-0.4, -0.2) is 48.8 Å². The van der Waals surface area contributed by atoms with Crippen molar-refractivity contribution in [1.29, 1.82) is 0 Å². The molecule has 2 aromatic carbocycles. The largest absolute Gasteiger partial charge is 0.497 e. The molecule has 0 bridgehead atoms. The summed E-state index contributed by atoms with van der Waals surface area (Å²) in [5.41, 5.74) is 3.32. The van der Waals surface area contributed by atoms with Crippen molar-refractivity contribution in [2.75, 3.05) is 32.6 Å². The highest BCUT2D eigenvalue weighted by Gasteiger charge is 2.50. The number of hydrogen-bond acceptors (Lipinski definition) is 5. The van der Waals surface area contributed by atoms with E-state index in [1.54, 1.807) is 14.2 Å². The van der Waals surface area contributed by atoms with Gasteiger partial charge in [-0.1, -0.05) is 30.5 Å². The Morgan fingerprint density at radius 3 is 2.67 bits per heavy atom. The molecule has 1 amide bonds. The average Bonchev–Trinajstić information content (AvgIpc) is 2.80. The molecule has 0 aromatic heterocycles. The molecule has 0 spiro atoms. The minimum atomic E-state index is -0.711. The monoisotopic (exact) mass is 452 g/mol. The smallest absolute Gasteiger partial charge is 0.238 e. The highest BCUT2D eigenvalue weighted by molar-refractivity contribution is 5.93. The number of aliphatic hydroxyl groups is 1. The van der Waals surface area contributed by atoms with Gasteiger partial charge in [-0.2, -0.15) is 0 Å². The minimum absolute atomic E-state index is 0.0370. The van der Waals surface area contributed by atoms with Gasteiger partial charge in [-0.3, -0.25) is 9.69 Å². The van der Waals surface area contributed by atoms with E-state index in [4.69, 9.17) is 9.47 Å². The summed E-state index contributed by atoms with van der Waals surface area (Å²) in [5.74, 6) is 1.50. The zero-order valence-electron chi connectivity index (χ0n) is 20.2. The molecule has 4 rings (SSSR count). The molecule has 0 unspecified atom stereocenters. The Morgan fingerprint density at radius 1 is 1.12 bits per heavy atom. The van der Waals surface area contributed by atoms with E-state index in [0.717, 1.165) is 54.0 Å². The van der Waals surface area contributed by atoms with Crippen LogP contribution in [0.25, 0.3) is 0 Å². The van der Waals surface area contributed by atoms with Crippen molar-refractivity contribution in [2.45, 2.75) is 57.6 Å². The molecule has 33 heavy (non-hydrogen) atoms. The zero-order chi connectivity index (χ0) is 23.6. The van der Waals surface area contributed by atoms with Crippen molar-refractivity contribution in [1.82, 2.24) is 4.90 Å². The Hall–Kier alpha value is -2.57. The number of benzene rings is 2. The fourth-order valence-electron chi connectivity index (χ4n) is 5.73. The van der Waals surface area contributed by atoms with Crippen LogP contribution >= 0.6 is 0 Å². The van der Waals surface area contributed by atoms with Gasteiger partial charge in [0.2, 0.25) is 5.91 Å². The first-order valence-electron chi connectivity index (χ1n) is 11.9. The van der Waals surface area contributed by atoms with E-state index in [9.17, 15) is 9.90 Å². The van der Waals surface area contributed by atoms with Crippen LogP contribution in [0.15, 0.2) is 36.4 Å². The molecule has 3 atom stereocenters. The third kappa shape index (κ3) is 4.87. The van der Waals surface area contributed by atoms with Crippen molar-refractivity contribution in [3.63, 3.8) is 0 Å². The van der Waals surface area contributed by atoms with Gasteiger partial charge in [0.1, 0.15) is 11.5 Å². The number of nitrogens with one attached hydrogen (secondary N) is 1. The normalized spacial score (nSPS) is 25.2. The second-order valence-electron chi connectivity index (χ2n) is 9.60. The highest BCUT2D eigenvalue weighted by Crippen LogP contribution is 2.51. The number of hydrogen-bond donors (Lipinski definition) is 2. The van der Waals surface area contributed by atoms with Crippen LogP contribution in [0.3, 0.4) is 0 Å². The van der Waals surface area contributed by atoms with Crippen LogP contribution in [0, 0.1) is 19.8 Å². The number of carbonyl (C=O) groups excluding carboxylic acids is 1. The van der Waals surface area contributed by atoms with Crippen molar-refractivity contribution in [2.24, 2.45) is 5.92 Å². The predicted molar refractivity (Wildman–Crippen MR) is 130 cm³/mol. The van der Waals surface area contributed by atoms with Crippen LogP contribution < -0.4 is 14.8 Å². The van der Waals surface area contributed by atoms with E-state index >= 15 is 0 Å². The Balaban J connectivity index is 1.65. The fourth-order valence-corrected chi connectivity index (χ4v) is 5.73. The molecule has 1 heterocycles. The van der Waals surface area contributed by atoms with Crippen LogP contribution in [0.1, 0.15) is 54.8 Å². The van der Waals surface area contributed by atoms with Gasteiger partial charge in [0.15, 0.2) is 0 Å². The van der Waals surface area contributed by atoms with E-state index in [0.29, 0.717) is 13.0 Å². The van der Waals surface area contributed by atoms with Crippen molar-refractivity contribution in [3.8, 4) is 11.5 Å². The van der Waals surface area contributed by atoms with Gasteiger partial charge in [0.25, 0.3) is 0 Å². The Morgan fingerprint density at radius 2 is 1.94 bits per heavy atom. The number of aryl methyl sites for hydroxylation is 2. The number of anilines is 1. The maximum Gasteiger partial charge on any atom is 0.238 e. The molecular formula is C27H36N2O4. The van der Waals surface area contributed by atoms with Gasteiger partial charge in [0.05, 0.1) is 26.4 Å². The molecule has 2 aliphatic rings. The summed E-state index contributed by atoms with van der Waals surface area (Å²) in [6, 6.07) is 11.7. The lowest BCUT2D eigenvalue weighted by Crippen LogP contribution is -2.56. The van der Waals surface area contributed by atoms with Gasteiger partial charge in [-0.05, 0) is 62.9 Å². The topological polar surface area (TPSA) is 71.0 Å². The summed E-state index contributed by atoms with van der Waals surface area (Å²) in [5, 5.41) is 14.7. The van der Waals surface area contributed by atoms with Crippen molar-refractivity contribution < 1.29 is 19.4 Å². The summed E-state index contributed by atoms with van der Waals surface area (Å²) >= 11 is 0. The number of fused-ring (bicyclic) bond motifs is 1. The molecule has 2 N–H and O–H groups in total. The van der Waals surface area contributed by atoms with E-state index in [-0.39, 0.29) is 24.4 Å². The maximum atomic E-state index is 13.1. The number of amides is 1. The van der Waals surface area contributed by atoms with Crippen LogP contribution in [0.5, 0.6) is 11.5 Å². The highest BCUT2D eigenvalue weighted by atomic mass is 16.5. The molecule has 1 aliphatic carbocycles. The Labute approximate surface area is 196 Å². The SMILES string of the molecule is COc1ccc(OC)c([C@H]2[C@H]3CCCC[C@@]3(O)CCN2CC(=O)Nc2ccc(C)cc2C)c1. The number of rotatable bonds is 6. The second kappa shape index (κ2) is 9.74. The molecule has 1 aliphatic heterocycles. The predicted octanol–water partition coefficient (Wildman–Crippen LogP) is 4.63. The molecule has 178 valence electrons. The molecular weight excluding hydrogens is 416 g/mol. The number of carbonyl (C=O) groups is 1. The van der Waals surface area contributed by atoms with Crippen molar-refractivity contribution >= 4 is 11.6 Å². The van der Waals surface area contributed by atoms with Gasteiger partial charge in [0, 0.05) is 29.8 Å². The minimum Gasteiger partial charge on any atom is -0.497 e. The van der Waals surface area contributed by atoms with Crippen LogP contribution in [0.4, 0.5) is 5.69 Å².